The van der Waals surface area contributed by atoms with Crippen LogP contribution in [0.15, 0.2) is 48.0 Å². The van der Waals surface area contributed by atoms with Gasteiger partial charge in [-0.2, -0.15) is 0 Å². The fraction of sp³-hybridized carbons (Fsp3) is 0.414. The first-order valence-electron chi connectivity index (χ1n) is 13.0. The molecule has 0 heterocycles. The lowest BCUT2D eigenvalue weighted by Crippen LogP contribution is -2.54. The monoisotopic (exact) mass is 684 g/mol. The quantitative estimate of drug-likeness (QED) is 0.216. The van der Waals surface area contributed by atoms with Crippen LogP contribution in [0.5, 0.6) is 11.5 Å². The van der Waals surface area contributed by atoms with Crippen molar-refractivity contribution in [2.24, 2.45) is 0 Å². The Kier molecular flexibility index (Phi) is 12.2. The molecule has 0 radical (unpaired) electrons. The summed E-state index contributed by atoms with van der Waals surface area (Å²) in [6.45, 7) is 2.02. The molecule has 2 aromatic rings. The molecule has 0 aliphatic heterocycles. The van der Waals surface area contributed by atoms with Crippen molar-refractivity contribution < 1.29 is 34.1 Å². The normalized spacial score (nSPS) is 18.4. The minimum Gasteiger partial charge on any atom is -0.493 e. The van der Waals surface area contributed by atoms with E-state index in [1.165, 1.54) is 19.3 Å². The van der Waals surface area contributed by atoms with E-state index in [2.05, 4.69) is 5.32 Å². The molecule has 40 heavy (non-hydrogen) atoms. The van der Waals surface area contributed by atoms with E-state index >= 15 is 0 Å². The van der Waals surface area contributed by atoms with Gasteiger partial charge in [0.05, 0.1) is 23.3 Å². The van der Waals surface area contributed by atoms with E-state index in [0.29, 0.717) is 43.9 Å². The Hall–Kier alpha value is -2.67. The first-order chi connectivity index (χ1) is 19.2. The first-order valence-corrected chi connectivity index (χ1v) is 14.5. The van der Waals surface area contributed by atoms with Crippen molar-refractivity contribution in [3.05, 3.63) is 67.8 Å². The summed E-state index contributed by atoms with van der Waals surface area (Å²) in [6.07, 6.45) is 1.88. The molecule has 1 aliphatic carbocycles. The minimum atomic E-state index is -1.20. The van der Waals surface area contributed by atoms with Gasteiger partial charge in [0.2, 0.25) is 11.8 Å². The lowest BCUT2D eigenvalue weighted by molar-refractivity contribution is -0.139. The first kappa shape index (κ1) is 31.9. The molecule has 0 unspecified atom stereocenters. The van der Waals surface area contributed by atoms with Gasteiger partial charge in [-0.3, -0.25) is 14.4 Å². The number of nitrogens with one attached hydrogen (secondary N) is 1. The van der Waals surface area contributed by atoms with Gasteiger partial charge in [-0.1, -0.05) is 37.1 Å². The van der Waals surface area contributed by atoms with E-state index in [-0.39, 0.29) is 38.4 Å². The number of aliphatic hydroxyl groups excluding tert-OH is 2. The molecular weight excluding hydrogens is 651 g/mol. The van der Waals surface area contributed by atoms with Crippen LogP contribution in [0.4, 0.5) is 0 Å². The van der Waals surface area contributed by atoms with Crippen LogP contribution >= 0.6 is 34.2 Å². The van der Waals surface area contributed by atoms with E-state index < -0.39 is 24.2 Å². The number of carbonyl (C=O) groups excluding carboxylic acids is 3. The third kappa shape index (κ3) is 8.18. The number of nitrogens with zero attached hydrogens (tertiary/aromatic N) is 1. The number of hydrogen-bond acceptors (Lipinski definition) is 7. The van der Waals surface area contributed by atoms with Crippen LogP contribution in [-0.4, -0.2) is 71.7 Å². The Bertz CT molecular complexity index is 1220. The average molecular weight is 685 g/mol. The maximum Gasteiger partial charge on any atom is 0.247 e. The van der Waals surface area contributed by atoms with Gasteiger partial charge in [0.15, 0.2) is 11.5 Å². The highest BCUT2D eigenvalue weighted by molar-refractivity contribution is 14.1. The number of halogens is 2. The van der Waals surface area contributed by atoms with Gasteiger partial charge in [-0.15, -0.1) is 0 Å². The molecule has 0 spiro atoms. The number of ether oxygens (including phenoxy) is 2. The number of aliphatic hydroxyl groups is 2. The number of benzene rings is 2. The molecule has 216 valence electrons. The molecule has 11 heteroatoms. The summed E-state index contributed by atoms with van der Waals surface area (Å²) in [5, 5.41) is 24.1. The molecule has 0 bridgehead atoms. The standard InChI is InChI=1S/C29H34ClIN2O7/c1-3-4-5-26(36)33(16-18-6-8-21(30)9-7-18)23-14-20(29(38)32-10-11-34)15-24(27(23)37)40-28-22(31)12-19(17-35)13-25(28)39-2/h6-9,12-13,15,17,23-24,27,34,37H,3-5,10-11,14,16H2,1-2H3,(H,32,38)/t23-,24+,27+/m1/s1. The minimum absolute atomic E-state index is 0.0533. The molecule has 2 amide bonds. The number of aldehydes is 1. The third-order valence-corrected chi connectivity index (χ3v) is 7.64. The van der Waals surface area contributed by atoms with E-state index in [9.17, 15) is 24.6 Å². The number of rotatable bonds is 13. The van der Waals surface area contributed by atoms with Crippen LogP contribution < -0.4 is 14.8 Å². The summed E-state index contributed by atoms with van der Waals surface area (Å²) in [5.74, 6) is 0.00968. The van der Waals surface area contributed by atoms with Crippen molar-refractivity contribution in [3.8, 4) is 11.5 Å². The maximum absolute atomic E-state index is 13.5. The zero-order valence-corrected chi connectivity index (χ0v) is 25.4. The molecule has 3 N–H and O–H groups in total. The van der Waals surface area contributed by atoms with Crippen LogP contribution in [0.1, 0.15) is 48.5 Å². The second-order valence-electron chi connectivity index (χ2n) is 9.42. The Labute approximate surface area is 252 Å². The third-order valence-electron chi connectivity index (χ3n) is 6.59. The summed E-state index contributed by atoms with van der Waals surface area (Å²) < 4.78 is 12.3. The van der Waals surface area contributed by atoms with Crippen LogP contribution in [0.25, 0.3) is 0 Å². The topological polar surface area (TPSA) is 125 Å². The highest BCUT2D eigenvalue weighted by Crippen LogP contribution is 2.37. The van der Waals surface area contributed by atoms with Crippen LogP contribution in [0, 0.1) is 3.57 Å². The molecule has 0 fully saturated rings. The largest absolute Gasteiger partial charge is 0.493 e. The molecule has 2 aromatic carbocycles. The van der Waals surface area contributed by atoms with Crippen molar-refractivity contribution in [2.45, 2.75) is 57.4 Å². The van der Waals surface area contributed by atoms with E-state index in [1.54, 1.807) is 23.1 Å². The number of amides is 2. The van der Waals surface area contributed by atoms with Gasteiger partial charge >= 0.3 is 0 Å². The van der Waals surface area contributed by atoms with E-state index in [4.69, 9.17) is 21.1 Å². The Balaban J connectivity index is 2.03. The fourth-order valence-electron chi connectivity index (χ4n) is 4.49. The van der Waals surface area contributed by atoms with Gasteiger partial charge in [0.25, 0.3) is 0 Å². The molecule has 0 saturated heterocycles. The highest BCUT2D eigenvalue weighted by Gasteiger charge is 2.40. The lowest BCUT2D eigenvalue weighted by atomic mass is 9.87. The Morgan fingerprint density at radius 3 is 2.60 bits per heavy atom. The lowest BCUT2D eigenvalue weighted by Gasteiger charge is -2.41. The maximum atomic E-state index is 13.5. The van der Waals surface area contributed by atoms with Gasteiger partial charge in [0, 0.05) is 42.1 Å². The zero-order chi connectivity index (χ0) is 29.2. The average Bonchev–Trinajstić information content (AvgIpc) is 2.96. The zero-order valence-electron chi connectivity index (χ0n) is 22.4. The van der Waals surface area contributed by atoms with E-state index in [0.717, 1.165) is 12.0 Å². The second kappa shape index (κ2) is 15.4. The van der Waals surface area contributed by atoms with Crippen molar-refractivity contribution >= 4 is 52.3 Å². The predicted octanol–water partition coefficient (Wildman–Crippen LogP) is 3.90. The van der Waals surface area contributed by atoms with Crippen LogP contribution in [0.2, 0.25) is 5.02 Å². The number of carbonyl (C=O) groups is 3. The molecule has 1 aliphatic rings. The van der Waals surface area contributed by atoms with Crippen LogP contribution in [-0.2, 0) is 16.1 Å². The summed E-state index contributed by atoms with van der Waals surface area (Å²) >= 11 is 8.07. The second-order valence-corrected chi connectivity index (χ2v) is 11.0. The van der Waals surface area contributed by atoms with E-state index in [1.807, 2.05) is 41.6 Å². The molecule has 3 atom stereocenters. The summed E-state index contributed by atoms with van der Waals surface area (Å²) in [7, 11) is 1.44. The molecular formula is C29H34ClIN2O7. The van der Waals surface area contributed by atoms with Gasteiger partial charge in [0.1, 0.15) is 18.5 Å². The van der Waals surface area contributed by atoms with Crippen molar-refractivity contribution in [2.75, 3.05) is 20.3 Å². The van der Waals surface area contributed by atoms with Gasteiger partial charge in [-0.25, -0.2) is 0 Å². The van der Waals surface area contributed by atoms with Crippen LogP contribution in [0.3, 0.4) is 0 Å². The summed E-state index contributed by atoms with van der Waals surface area (Å²) in [5.41, 5.74) is 1.53. The Morgan fingerprint density at radius 2 is 1.98 bits per heavy atom. The SMILES string of the molecule is CCCCC(=O)N(Cc1ccc(Cl)cc1)[C@@H]1CC(C(=O)NCCO)=C[C@H](Oc2c(I)cc(C=O)cc2OC)[C@H]1O. The smallest absolute Gasteiger partial charge is 0.247 e. The molecule has 0 aromatic heterocycles. The van der Waals surface area contributed by atoms with Crippen molar-refractivity contribution in [3.63, 3.8) is 0 Å². The Morgan fingerprint density at radius 1 is 1.25 bits per heavy atom. The summed E-state index contributed by atoms with van der Waals surface area (Å²) in [4.78, 5) is 39.5. The number of unbranched alkanes of at least 4 members (excludes halogenated alkanes) is 1. The van der Waals surface area contributed by atoms with Gasteiger partial charge in [-0.05, 0) is 64.9 Å². The predicted molar refractivity (Wildman–Crippen MR) is 160 cm³/mol. The summed E-state index contributed by atoms with van der Waals surface area (Å²) in [6, 6.07) is 9.47. The van der Waals surface area contributed by atoms with Crippen molar-refractivity contribution in [1.29, 1.82) is 0 Å². The number of methoxy groups -OCH3 is 1. The van der Waals surface area contributed by atoms with Gasteiger partial charge < -0.3 is 29.9 Å². The molecule has 3 rings (SSSR count). The fourth-order valence-corrected chi connectivity index (χ4v) is 5.36. The highest BCUT2D eigenvalue weighted by atomic mass is 127. The van der Waals surface area contributed by atoms with Crippen molar-refractivity contribution in [1.82, 2.24) is 10.2 Å². The molecule has 0 saturated carbocycles. The number of hydrogen-bond donors (Lipinski definition) is 3. The molecule has 9 nitrogen and oxygen atoms in total.